The number of hydrogen-bond donors (Lipinski definition) is 1. The Bertz CT molecular complexity index is 1040. The molecule has 1 saturated heterocycles. The van der Waals surface area contributed by atoms with Crippen molar-refractivity contribution >= 4 is 23.0 Å². The maximum atomic E-state index is 11.9. The average Bonchev–Trinajstić information content (AvgIpc) is 2.81. The van der Waals surface area contributed by atoms with E-state index in [9.17, 15) is 10.1 Å². The van der Waals surface area contributed by atoms with Gasteiger partial charge < -0.3 is 15.0 Å². The number of benzene rings is 2. The third-order valence-electron chi connectivity index (χ3n) is 5.33. The number of nitrogens with zero attached hydrogens (tertiary/aromatic N) is 5. The van der Waals surface area contributed by atoms with E-state index in [0.717, 1.165) is 25.4 Å². The van der Waals surface area contributed by atoms with Gasteiger partial charge in [-0.1, -0.05) is 30.3 Å². The molecule has 0 radical (unpaired) electrons. The van der Waals surface area contributed by atoms with Crippen LogP contribution in [0.25, 0.3) is 0 Å². The predicted molar refractivity (Wildman–Crippen MR) is 124 cm³/mol. The van der Waals surface area contributed by atoms with E-state index >= 15 is 0 Å². The Morgan fingerprint density at radius 1 is 1.03 bits per heavy atom. The lowest BCUT2D eigenvalue weighted by Crippen LogP contribution is -2.46. The van der Waals surface area contributed by atoms with E-state index in [-0.39, 0.29) is 11.5 Å². The van der Waals surface area contributed by atoms with Crippen LogP contribution in [0.15, 0.2) is 60.9 Å². The predicted octanol–water partition coefficient (Wildman–Crippen LogP) is 3.85. The van der Waals surface area contributed by atoms with Crippen LogP contribution >= 0.6 is 0 Å². The van der Waals surface area contributed by atoms with Crippen molar-refractivity contribution in [3.8, 4) is 5.75 Å². The summed E-state index contributed by atoms with van der Waals surface area (Å²) in [6.07, 6.45) is 1.37. The van der Waals surface area contributed by atoms with Crippen LogP contribution in [0.3, 0.4) is 0 Å². The van der Waals surface area contributed by atoms with Gasteiger partial charge in [-0.05, 0) is 36.8 Å². The first-order valence-electron chi connectivity index (χ1n) is 10.6. The van der Waals surface area contributed by atoms with Gasteiger partial charge in [0, 0.05) is 38.4 Å². The lowest BCUT2D eigenvalue weighted by atomic mass is 10.2. The Morgan fingerprint density at radius 3 is 2.41 bits per heavy atom. The van der Waals surface area contributed by atoms with Gasteiger partial charge >= 0.3 is 5.69 Å². The molecule has 0 spiro atoms. The SMILES string of the molecule is CCOc1ccc(Nc2ncnc(N3CCN(Cc4ccccc4)CC3)c2[N+](=O)[O-])cc1. The number of hydrogen-bond acceptors (Lipinski definition) is 8. The topological polar surface area (TPSA) is 96.7 Å². The first kappa shape index (κ1) is 21.5. The van der Waals surface area contributed by atoms with Crippen LogP contribution in [0, 0.1) is 10.1 Å². The van der Waals surface area contributed by atoms with Crippen molar-refractivity contribution in [1.82, 2.24) is 14.9 Å². The van der Waals surface area contributed by atoms with Crippen molar-refractivity contribution in [2.45, 2.75) is 13.5 Å². The van der Waals surface area contributed by atoms with Crippen molar-refractivity contribution in [2.75, 3.05) is 43.0 Å². The molecule has 3 aromatic rings. The van der Waals surface area contributed by atoms with E-state index in [1.54, 1.807) is 12.1 Å². The standard InChI is InChI=1S/C23H26N6O3/c1-2-32-20-10-8-19(9-11-20)26-22-21(29(30)31)23(25-17-24-22)28-14-12-27(13-15-28)16-18-6-4-3-5-7-18/h3-11,17H,2,12-16H2,1H3,(H,24,25,26). The Kier molecular flexibility index (Phi) is 6.76. The molecule has 0 atom stereocenters. The maximum Gasteiger partial charge on any atom is 0.353 e. The van der Waals surface area contributed by atoms with Crippen LogP contribution in [0.2, 0.25) is 0 Å². The zero-order valence-corrected chi connectivity index (χ0v) is 18.0. The van der Waals surface area contributed by atoms with Gasteiger partial charge in [-0.2, -0.15) is 0 Å². The van der Waals surface area contributed by atoms with Crippen LogP contribution in [0.1, 0.15) is 12.5 Å². The lowest BCUT2D eigenvalue weighted by Gasteiger charge is -2.35. The Balaban J connectivity index is 1.48. The molecule has 0 amide bonds. The summed E-state index contributed by atoms with van der Waals surface area (Å²) < 4.78 is 5.45. The fourth-order valence-corrected chi connectivity index (χ4v) is 3.76. The molecule has 166 valence electrons. The molecule has 1 aromatic heterocycles. The number of nitro groups is 1. The van der Waals surface area contributed by atoms with Crippen molar-refractivity contribution in [3.63, 3.8) is 0 Å². The van der Waals surface area contributed by atoms with Crippen molar-refractivity contribution < 1.29 is 9.66 Å². The van der Waals surface area contributed by atoms with Crippen molar-refractivity contribution in [3.05, 3.63) is 76.6 Å². The van der Waals surface area contributed by atoms with Gasteiger partial charge in [-0.3, -0.25) is 15.0 Å². The molecule has 0 unspecified atom stereocenters. The average molecular weight is 435 g/mol. The summed E-state index contributed by atoms with van der Waals surface area (Å²) in [5, 5.41) is 15.0. The molecule has 1 aliphatic rings. The number of rotatable bonds is 8. The maximum absolute atomic E-state index is 11.9. The second-order valence-electron chi connectivity index (χ2n) is 7.48. The minimum atomic E-state index is -0.414. The summed E-state index contributed by atoms with van der Waals surface area (Å²) in [4.78, 5) is 24.3. The van der Waals surface area contributed by atoms with Crippen LogP contribution < -0.4 is 15.0 Å². The fraction of sp³-hybridized carbons (Fsp3) is 0.304. The molecule has 2 heterocycles. The molecule has 0 saturated carbocycles. The molecule has 32 heavy (non-hydrogen) atoms. The smallest absolute Gasteiger partial charge is 0.353 e. The largest absolute Gasteiger partial charge is 0.494 e. The number of piperazine rings is 1. The molecule has 9 nitrogen and oxygen atoms in total. The van der Waals surface area contributed by atoms with Gasteiger partial charge in [0.15, 0.2) is 0 Å². The molecule has 9 heteroatoms. The van der Waals surface area contributed by atoms with Crippen LogP contribution in [-0.2, 0) is 6.54 Å². The Morgan fingerprint density at radius 2 is 1.75 bits per heavy atom. The van der Waals surface area contributed by atoms with E-state index in [2.05, 4.69) is 32.3 Å². The minimum Gasteiger partial charge on any atom is -0.494 e. The highest BCUT2D eigenvalue weighted by Gasteiger charge is 2.29. The first-order valence-corrected chi connectivity index (χ1v) is 10.6. The summed E-state index contributed by atoms with van der Waals surface area (Å²) >= 11 is 0. The quantitative estimate of drug-likeness (QED) is 0.422. The molecule has 1 aliphatic heterocycles. The number of aromatic nitrogens is 2. The van der Waals surface area contributed by atoms with Crippen molar-refractivity contribution in [1.29, 1.82) is 0 Å². The zero-order valence-electron chi connectivity index (χ0n) is 18.0. The highest BCUT2D eigenvalue weighted by atomic mass is 16.6. The summed E-state index contributed by atoms with van der Waals surface area (Å²) in [5.41, 5.74) is 1.84. The Labute approximate surface area is 186 Å². The van der Waals surface area contributed by atoms with Crippen molar-refractivity contribution in [2.24, 2.45) is 0 Å². The second kappa shape index (κ2) is 10.1. The summed E-state index contributed by atoms with van der Waals surface area (Å²) in [6.45, 7) is 6.28. The van der Waals surface area contributed by atoms with Gasteiger partial charge in [0.1, 0.15) is 12.1 Å². The lowest BCUT2D eigenvalue weighted by molar-refractivity contribution is -0.383. The molecule has 0 bridgehead atoms. The van der Waals surface area contributed by atoms with E-state index in [4.69, 9.17) is 4.74 Å². The zero-order chi connectivity index (χ0) is 22.3. The van der Waals surface area contributed by atoms with Crippen LogP contribution in [0.4, 0.5) is 23.0 Å². The highest BCUT2D eigenvalue weighted by molar-refractivity contribution is 5.74. The molecular formula is C23H26N6O3. The van der Waals surface area contributed by atoms with Gasteiger partial charge in [-0.25, -0.2) is 9.97 Å². The Hall–Kier alpha value is -3.72. The van der Waals surface area contributed by atoms with Crippen LogP contribution in [0.5, 0.6) is 5.75 Å². The molecule has 2 aromatic carbocycles. The minimum absolute atomic E-state index is 0.113. The van der Waals surface area contributed by atoms with Gasteiger partial charge in [-0.15, -0.1) is 0 Å². The van der Waals surface area contributed by atoms with E-state index < -0.39 is 4.92 Å². The van der Waals surface area contributed by atoms with Gasteiger partial charge in [0.2, 0.25) is 11.6 Å². The van der Waals surface area contributed by atoms with E-state index in [1.165, 1.54) is 11.9 Å². The monoisotopic (exact) mass is 434 g/mol. The molecule has 1 fully saturated rings. The first-order chi connectivity index (χ1) is 15.6. The van der Waals surface area contributed by atoms with Gasteiger partial charge in [0.25, 0.3) is 0 Å². The number of nitrogens with one attached hydrogen (secondary N) is 1. The molecule has 1 N–H and O–H groups in total. The highest BCUT2D eigenvalue weighted by Crippen LogP contribution is 2.34. The number of anilines is 3. The van der Waals surface area contributed by atoms with Crippen LogP contribution in [-0.4, -0.2) is 52.6 Å². The third kappa shape index (κ3) is 5.12. The fourth-order valence-electron chi connectivity index (χ4n) is 3.76. The second-order valence-corrected chi connectivity index (χ2v) is 7.48. The molecular weight excluding hydrogens is 408 g/mol. The summed E-state index contributed by atoms with van der Waals surface area (Å²) in [5.74, 6) is 1.26. The van der Waals surface area contributed by atoms with Gasteiger partial charge in [0.05, 0.1) is 11.5 Å². The summed E-state index contributed by atoms with van der Waals surface area (Å²) in [7, 11) is 0. The molecule has 0 aliphatic carbocycles. The summed E-state index contributed by atoms with van der Waals surface area (Å²) in [6, 6.07) is 17.5. The molecule has 4 rings (SSSR count). The van der Waals surface area contributed by atoms with E-state index in [1.807, 2.05) is 42.2 Å². The van der Waals surface area contributed by atoms with E-state index in [0.29, 0.717) is 31.2 Å². The third-order valence-corrected chi connectivity index (χ3v) is 5.33. The number of ether oxygens (including phenoxy) is 1. The normalized spacial score (nSPS) is 14.2.